The second-order valence-electron chi connectivity index (χ2n) is 8.27. The van der Waals surface area contributed by atoms with Gasteiger partial charge in [0.25, 0.3) is 5.69 Å². The fourth-order valence-electron chi connectivity index (χ4n) is 5.71. The van der Waals surface area contributed by atoms with E-state index in [1.165, 1.54) is 23.1 Å². The van der Waals surface area contributed by atoms with Crippen molar-refractivity contribution in [3.05, 3.63) is 104 Å². The summed E-state index contributed by atoms with van der Waals surface area (Å²) in [7, 11) is 0. The summed E-state index contributed by atoms with van der Waals surface area (Å²) in [6.45, 7) is 0. The van der Waals surface area contributed by atoms with Crippen LogP contribution in [0.5, 0.6) is 0 Å². The highest BCUT2D eigenvalue weighted by Crippen LogP contribution is 2.66. The summed E-state index contributed by atoms with van der Waals surface area (Å²) < 4.78 is -0.494. The van der Waals surface area contributed by atoms with Crippen LogP contribution < -0.4 is 4.90 Å². The fourth-order valence-corrected chi connectivity index (χ4v) is 7.45. The predicted octanol–water partition coefficient (Wildman–Crippen LogP) is 5.26. The lowest BCUT2D eigenvalue weighted by Crippen LogP contribution is -2.50. The molecule has 0 saturated carbocycles. The Bertz CT molecular complexity index is 1320. The van der Waals surface area contributed by atoms with Gasteiger partial charge in [0.05, 0.1) is 26.8 Å². The number of amides is 2. The number of alkyl halides is 1. The van der Waals surface area contributed by atoms with Crippen LogP contribution in [0, 0.1) is 22.0 Å². The molecule has 0 N–H and O–H groups in total. The second kappa shape index (κ2) is 6.59. The van der Waals surface area contributed by atoms with Crippen molar-refractivity contribution in [2.45, 2.75) is 10.2 Å². The van der Waals surface area contributed by atoms with Gasteiger partial charge in [0.1, 0.15) is 0 Å². The summed E-state index contributed by atoms with van der Waals surface area (Å²) in [6.07, 6.45) is 0. The zero-order valence-corrected chi connectivity index (χ0v) is 19.5. The van der Waals surface area contributed by atoms with Crippen LogP contribution in [0.1, 0.15) is 28.2 Å². The Morgan fingerprint density at radius 3 is 2.06 bits per heavy atom. The van der Waals surface area contributed by atoms with Crippen LogP contribution >= 0.6 is 31.9 Å². The van der Waals surface area contributed by atoms with Crippen LogP contribution in [0.25, 0.3) is 0 Å². The van der Waals surface area contributed by atoms with Crippen molar-refractivity contribution in [1.82, 2.24) is 0 Å². The van der Waals surface area contributed by atoms with Gasteiger partial charge in [-0.15, -0.1) is 0 Å². The summed E-state index contributed by atoms with van der Waals surface area (Å²) >= 11 is 7.29. The Balaban J connectivity index is 1.57. The number of anilines is 1. The minimum atomic E-state index is -0.825. The number of nitro groups is 1. The molecule has 1 fully saturated rings. The molecule has 0 aromatic heterocycles. The first-order valence-corrected chi connectivity index (χ1v) is 11.6. The quantitative estimate of drug-likeness (QED) is 0.188. The molecule has 1 aliphatic heterocycles. The lowest BCUT2D eigenvalue weighted by atomic mass is 9.55. The van der Waals surface area contributed by atoms with Gasteiger partial charge in [-0.2, -0.15) is 0 Å². The van der Waals surface area contributed by atoms with E-state index in [1.54, 1.807) is 0 Å². The van der Waals surface area contributed by atoms with E-state index in [4.69, 9.17) is 0 Å². The Kier molecular flexibility index (Phi) is 4.08. The topological polar surface area (TPSA) is 80.5 Å². The number of non-ortho nitro benzene ring substituents is 1. The molecule has 3 aromatic carbocycles. The van der Waals surface area contributed by atoms with Gasteiger partial charge in [0.15, 0.2) is 0 Å². The van der Waals surface area contributed by atoms with E-state index in [-0.39, 0.29) is 23.4 Å². The minimum Gasteiger partial charge on any atom is -0.274 e. The number of halogens is 2. The number of imide groups is 1. The van der Waals surface area contributed by atoms with Gasteiger partial charge in [-0.05, 0) is 44.3 Å². The molecular formula is C24H14Br2N2O4. The van der Waals surface area contributed by atoms with Crippen LogP contribution in [-0.4, -0.2) is 16.7 Å². The van der Waals surface area contributed by atoms with E-state index < -0.39 is 21.1 Å². The molecule has 7 rings (SSSR count). The van der Waals surface area contributed by atoms with Crippen LogP contribution in [0.15, 0.2) is 71.2 Å². The summed E-state index contributed by atoms with van der Waals surface area (Å²) in [6, 6.07) is 20.0. The molecule has 32 heavy (non-hydrogen) atoms. The highest BCUT2D eigenvalue weighted by molar-refractivity contribution is 9.10. The van der Waals surface area contributed by atoms with E-state index in [0.29, 0.717) is 10.2 Å². The highest BCUT2D eigenvalue weighted by atomic mass is 79.9. The maximum absolute atomic E-state index is 13.9. The molecule has 0 radical (unpaired) electrons. The third-order valence-corrected chi connectivity index (χ3v) is 8.88. The van der Waals surface area contributed by atoms with Crippen LogP contribution in [0.2, 0.25) is 0 Å². The van der Waals surface area contributed by atoms with Gasteiger partial charge in [0.2, 0.25) is 11.8 Å². The van der Waals surface area contributed by atoms with E-state index in [0.717, 1.165) is 22.3 Å². The monoisotopic (exact) mass is 552 g/mol. The Morgan fingerprint density at radius 1 is 0.906 bits per heavy atom. The van der Waals surface area contributed by atoms with E-state index in [1.807, 2.05) is 48.5 Å². The largest absolute Gasteiger partial charge is 0.274 e. The van der Waals surface area contributed by atoms with Crippen molar-refractivity contribution in [3.63, 3.8) is 0 Å². The zero-order chi connectivity index (χ0) is 22.4. The number of nitrogens with zero attached hydrogens (tertiary/aromatic N) is 2. The molecular weight excluding hydrogens is 540 g/mol. The average molecular weight is 554 g/mol. The third kappa shape index (κ3) is 2.29. The molecule has 1 saturated heterocycles. The van der Waals surface area contributed by atoms with Crippen molar-refractivity contribution in [2.75, 3.05) is 4.90 Å². The number of carbonyl (C=O) groups is 2. The summed E-state index contributed by atoms with van der Waals surface area (Å²) in [5.74, 6) is -2.00. The first-order chi connectivity index (χ1) is 15.4. The Hall–Kier alpha value is -2.84. The maximum Gasteiger partial charge on any atom is 0.270 e. The standard InChI is InChI=1S/C24H14Br2N2O4/c25-17-11-12(28(31)32)9-10-18(17)27-22(29)20-19-13-5-1-3-7-15(13)24(26,21(20)23(27)30)16-8-4-2-6-14(16)19/h1-11,19-21H/t19?,20-,21-,24?/m0/s1. The molecule has 3 aliphatic carbocycles. The summed E-state index contributed by atoms with van der Waals surface area (Å²) in [4.78, 5) is 39.5. The molecule has 3 aromatic rings. The highest BCUT2D eigenvalue weighted by Gasteiger charge is 2.67. The van der Waals surface area contributed by atoms with Gasteiger partial charge in [-0.25, -0.2) is 4.90 Å². The molecule has 0 spiro atoms. The average Bonchev–Trinajstić information content (AvgIpc) is 3.06. The normalized spacial score (nSPS) is 27.2. The van der Waals surface area contributed by atoms with Crippen molar-refractivity contribution in [1.29, 1.82) is 0 Å². The molecule has 2 atom stereocenters. The SMILES string of the molecule is O=C1[C@@H]2[C@@H](C(=O)N1c1ccc([N+](=O)[O-])cc1Br)C1c3ccccc3C2(Br)c2ccccc21. The maximum atomic E-state index is 13.9. The molecule has 2 amide bonds. The lowest BCUT2D eigenvalue weighted by Gasteiger charge is -2.51. The number of nitro benzene ring substituents is 1. The molecule has 158 valence electrons. The summed E-state index contributed by atoms with van der Waals surface area (Å²) in [5.41, 5.74) is 4.33. The number of carbonyl (C=O) groups excluding carboxylic acids is 2. The van der Waals surface area contributed by atoms with Crippen molar-refractivity contribution >= 4 is 55.0 Å². The number of hydrogen-bond acceptors (Lipinski definition) is 4. The van der Waals surface area contributed by atoms with Gasteiger partial charge in [0, 0.05) is 22.5 Å². The van der Waals surface area contributed by atoms with Crippen molar-refractivity contribution in [3.8, 4) is 0 Å². The van der Waals surface area contributed by atoms with E-state index >= 15 is 0 Å². The second-order valence-corrected chi connectivity index (χ2v) is 10.4. The molecule has 2 bridgehead atoms. The Morgan fingerprint density at radius 2 is 1.50 bits per heavy atom. The summed E-state index contributed by atoms with van der Waals surface area (Å²) in [5, 5.41) is 11.1. The molecule has 1 heterocycles. The van der Waals surface area contributed by atoms with Crippen molar-refractivity contribution in [2.24, 2.45) is 11.8 Å². The zero-order valence-electron chi connectivity index (χ0n) is 16.4. The molecule has 6 nitrogen and oxygen atoms in total. The third-order valence-electron chi connectivity index (χ3n) is 6.90. The minimum absolute atomic E-state index is 0.117. The van der Waals surface area contributed by atoms with Gasteiger partial charge >= 0.3 is 0 Å². The smallest absolute Gasteiger partial charge is 0.270 e. The van der Waals surface area contributed by atoms with Gasteiger partial charge in [-0.1, -0.05) is 64.5 Å². The number of rotatable bonds is 2. The van der Waals surface area contributed by atoms with Crippen molar-refractivity contribution < 1.29 is 14.5 Å². The molecule has 4 aliphatic rings. The number of hydrogen-bond donors (Lipinski definition) is 0. The van der Waals surface area contributed by atoms with E-state index in [9.17, 15) is 19.7 Å². The predicted molar refractivity (Wildman–Crippen MR) is 125 cm³/mol. The van der Waals surface area contributed by atoms with Crippen LogP contribution in [0.3, 0.4) is 0 Å². The first kappa shape index (κ1) is 19.8. The lowest BCUT2D eigenvalue weighted by molar-refractivity contribution is -0.384. The Labute approximate surface area is 199 Å². The van der Waals surface area contributed by atoms with Crippen LogP contribution in [-0.2, 0) is 13.9 Å². The molecule has 0 unspecified atom stereocenters. The fraction of sp³-hybridized carbons (Fsp3) is 0.167. The number of benzene rings is 3. The molecule has 8 heteroatoms. The van der Waals surface area contributed by atoms with Gasteiger partial charge in [-0.3, -0.25) is 19.7 Å². The van der Waals surface area contributed by atoms with Crippen LogP contribution in [0.4, 0.5) is 11.4 Å². The van der Waals surface area contributed by atoms with Gasteiger partial charge < -0.3 is 0 Å². The first-order valence-electron chi connectivity index (χ1n) is 10.0. The van der Waals surface area contributed by atoms with E-state index in [2.05, 4.69) is 31.9 Å².